The molecule has 2 saturated carbocycles. The van der Waals surface area contributed by atoms with Crippen LogP contribution in [0.3, 0.4) is 0 Å². The largest absolute Gasteiger partial charge is 0.393 e. The molecule has 8 fully saturated rings. The van der Waals surface area contributed by atoms with E-state index in [0.717, 1.165) is 51.4 Å². The number of aliphatic hydroxyl groups excluding tert-OH is 2. The van der Waals surface area contributed by atoms with Crippen LogP contribution in [0.25, 0.3) is 0 Å². The summed E-state index contributed by atoms with van der Waals surface area (Å²) >= 11 is 4.01. The lowest BCUT2D eigenvalue weighted by atomic mass is 9.59. The standard InChI is InChI=1S/C36H60O11S/c1-19-7-10-26(35(46-47-48)17-39-21(3)9-12-24(19)35)22(4)28(37)15-30-32-31(42-33(41-30)43-32)16-29(38)23(5)27-11-8-20(2)25-13-14-34(6)40-18-36(25,27)45-44-34/h19-33,37-38,48H,7-18H2,1-6H3/t19-,20-,21?,22?,23?,24+,25+,26+,27+,28?,29?,30?,31?,32?,33?,34-,35-,36-/m1/s1. The quantitative estimate of drug-likeness (QED) is 0.116. The highest BCUT2D eigenvalue weighted by molar-refractivity contribution is 7.74. The molecule has 0 aromatic rings. The fraction of sp³-hybridized carbons (Fsp3) is 1.00. The van der Waals surface area contributed by atoms with Gasteiger partial charge in [-0.15, -0.1) is 0 Å². The van der Waals surface area contributed by atoms with E-state index in [1.807, 2.05) is 6.92 Å². The lowest BCUT2D eigenvalue weighted by Gasteiger charge is -2.53. The lowest BCUT2D eigenvalue weighted by Crippen LogP contribution is -2.61. The van der Waals surface area contributed by atoms with E-state index in [0.29, 0.717) is 43.8 Å². The molecule has 0 aromatic carbocycles. The van der Waals surface area contributed by atoms with Crippen molar-refractivity contribution in [2.45, 2.75) is 166 Å². The highest BCUT2D eigenvalue weighted by Gasteiger charge is 2.62. The number of rotatable bonds is 10. The Morgan fingerprint density at radius 1 is 0.771 bits per heavy atom. The SMILES string of the molecule is CC1CC[C@H]2[C@H](C)CC[C@@H](C(C)C(O)CC3OC4OC(CC(O)C(C)[C@@H]5CC[C@@H](C)[C@@H]6CC[C@]7(C)OC[C@]56OO7)C3O4)[C@@]2(OOS)CO1. The molecule has 11 nitrogen and oxygen atoms in total. The van der Waals surface area contributed by atoms with E-state index >= 15 is 0 Å². The topological polar surface area (TPSA) is 124 Å². The van der Waals surface area contributed by atoms with Crippen molar-refractivity contribution in [3.8, 4) is 0 Å². The molecule has 2 aliphatic carbocycles. The Kier molecular flexibility index (Phi) is 10.6. The van der Waals surface area contributed by atoms with Crippen molar-refractivity contribution in [1.82, 2.24) is 0 Å². The van der Waals surface area contributed by atoms with Crippen LogP contribution in [0.2, 0.25) is 0 Å². The molecule has 8 aliphatic rings. The van der Waals surface area contributed by atoms with Crippen LogP contribution in [0.5, 0.6) is 0 Å². The fourth-order valence-corrected chi connectivity index (χ4v) is 11.4. The molecular weight excluding hydrogens is 640 g/mol. The molecule has 6 saturated heterocycles. The Morgan fingerprint density at radius 3 is 2.04 bits per heavy atom. The van der Waals surface area contributed by atoms with E-state index in [2.05, 4.69) is 47.5 Å². The van der Waals surface area contributed by atoms with Crippen LogP contribution in [-0.4, -0.2) is 83.5 Å². The third kappa shape index (κ3) is 6.33. The van der Waals surface area contributed by atoms with E-state index in [1.54, 1.807) is 0 Å². The summed E-state index contributed by atoms with van der Waals surface area (Å²) in [5, 5.41) is 23.5. The molecule has 0 aromatic heterocycles. The van der Waals surface area contributed by atoms with Crippen molar-refractivity contribution in [2.24, 2.45) is 47.3 Å². The van der Waals surface area contributed by atoms with E-state index in [4.69, 9.17) is 42.7 Å². The van der Waals surface area contributed by atoms with Crippen LogP contribution in [0, 0.1) is 47.3 Å². The molecule has 2 N–H and O–H groups in total. The second kappa shape index (κ2) is 14.0. The third-order valence-corrected chi connectivity index (χ3v) is 14.4. The second-order valence-corrected chi connectivity index (χ2v) is 17.1. The van der Waals surface area contributed by atoms with Gasteiger partial charge in [0.05, 0.1) is 43.7 Å². The predicted molar refractivity (Wildman–Crippen MR) is 176 cm³/mol. The Balaban J connectivity index is 1.00. The number of ether oxygens (including phenoxy) is 5. The van der Waals surface area contributed by atoms with Crippen molar-refractivity contribution >= 4 is 12.9 Å². The number of fused-ring (bicyclic) bond motifs is 6. The van der Waals surface area contributed by atoms with Crippen LogP contribution < -0.4 is 0 Å². The van der Waals surface area contributed by atoms with Crippen LogP contribution in [-0.2, 0) is 42.7 Å². The molecule has 9 unspecified atom stereocenters. The summed E-state index contributed by atoms with van der Waals surface area (Å²) in [6.07, 6.45) is 6.29. The molecule has 4 bridgehead atoms. The Hall–Kier alpha value is -0.0900. The molecule has 48 heavy (non-hydrogen) atoms. The molecule has 18 atom stereocenters. The zero-order valence-electron chi connectivity index (χ0n) is 29.7. The number of aliphatic hydroxyl groups is 2. The number of hydrogen-bond acceptors (Lipinski definition) is 12. The lowest BCUT2D eigenvalue weighted by molar-refractivity contribution is -0.517. The monoisotopic (exact) mass is 700 g/mol. The zero-order chi connectivity index (χ0) is 34.0. The average Bonchev–Trinajstić information content (AvgIpc) is 3.47. The van der Waals surface area contributed by atoms with Gasteiger partial charge < -0.3 is 33.9 Å². The van der Waals surface area contributed by atoms with Crippen LogP contribution in [0.1, 0.15) is 106 Å². The van der Waals surface area contributed by atoms with Crippen molar-refractivity contribution in [1.29, 1.82) is 0 Å². The number of thiol groups is 1. The van der Waals surface area contributed by atoms with Gasteiger partial charge >= 0.3 is 0 Å². The minimum atomic E-state index is -0.791. The van der Waals surface area contributed by atoms with Crippen LogP contribution in [0.4, 0.5) is 0 Å². The van der Waals surface area contributed by atoms with Crippen molar-refractivity contribution in [2.75, 3.05) is 13.2 Å². The third-order valence-electron chi connectivity index (χ3n) is 14.3. The Morgan fingerprint density at radius 2 is 1.42 bits per heavy atom. The van der Waals surface area contributed by atoms with Gasteiger partial charge in [0, 0.05) is 32.2 Å². The maximum Gasteiger partial charge on any atom is 0.272 e. The van der Waals surface area contributed by atoms with Crippen molar-refractivity contribution < 1.29 is 52.9 Å². The summed E-state index contributed by atoms with van der Waals surface area (Å²) in [7, 11) is 0. The first kappa shape index (κ1) is 36.3. The second-order valence-electron chi connectivity index (χ2n) is 17.0. The highest BCUT2D eigenvalue weighted by Crippen LogP contribution is 2.56. The Labute approximate surface area is 291 Å². The first-order valence-corrected chi connectivity index (χ1v) is 19.2. The molecule has 8 rings (SSSR count). The van der Waals surface area contributed by atoms with Crippen LogP contribution >= 0.6 is 12.9 Å². The molecule has 12 heteroatoms. The average molecular weight is 701 g/mol. The van der Waals surface area contributed by atoms with Gasteiger partial charge in [0.2, 0.25) is 0 Å². The minimum Gasteiger partial charge on any atom is -0.393 e. The van der Waals surface area contributed by atoms with Gasteiger partial charge in [-0.3, -0.25) is 0 Å². The number of hydrogen-bond donors (Lipinski definition) is 3. The normalized spacial score (nSPS) is 51.3. The van der Waals surface area contributed by atoms with E-state index in [1.165, 1.54) is 0 Å². The maximum absolute atomic E-state index is 11.8. The van der Waals surface area contributed by atoms with Gasteiger partial charge in [0.15, 0.2) is 5.79 Å². The van der Waals surface area contributed by atoms with Gasteiger partial charge in [-0.1, -0.05) is 27.7 Å². The van der Waals surface area contributed by atoms with E-state index in [9.17, 15) is 10.2 Å². The molecule has 1 spiro atoms. The van der Waals surface area contributed by atoms with Gasteiger partial charge in [-0.2, -0.15) is 4.33 Å². The maximum atomic E-state index is 11.8. The molecule has 276 valence electrons. The first-order chi connectivity index (χ1) is 22.9. The summed E-state index contributed by atoms with van der Waals surface area (Å²) in [5.41, 5.74) is -1.26. The fourth-order valence-electron chi connectivity index (χ4n) is 11.2. The minimum absolute atomic E-state index is 0.0126. The van der Waals surface area contributed by atoms with Gasteiger partial charge in [0.1, 0.15) is 17.3 Å². The Bertz CT molecular complexity index is 1110. The molecule has 6 aliphatic heterocycles. The van der Waals surface area contributed by atoms with Crippen molar-refractivity contribution in [3.05, 3.63) is 0 Å². The summed E-state index contributed by atoms with van der Waals surface area (Å²) in [4.78, 5) is 18.3. The summed E-state index contributed by atoms with van der Waals surface area (Å²) < 4.78 is 35.9. The predicted octanol–water partition coefficient (Wildman–Crippen LogP) is 5.51. The zero-order valence-corrected chi connectivity index (χ0v) is 30.6. The molecule has 6 heterocycles. The van der Waals surface area contributed by atoms with Gasteiger partial charge in [-0.25, -0.2) is 14.7 Å². The van der Waals surface area contributed by atoms with Crippen molar-refractivity contribution in [3.63, 3.8) is 0 Å². The van der Waals surface area contributed by atoms with Gasteiger partial charge in [-0.05, 0) is 106 Å². The van der Waals surface area contributed by atoms with Gasteiger partial charge in [0.25, 0.3) is 6.48 Å². The summed E-state index contributed by atoms with van der Waals surface area (Å²) in [6, 6.07) is 0. The summed E-state index contributed by atoms with van der Waals surface area (Å²) in [5.74, 6) is 0.721. The van der Waals surface area contributed by atoms with Crippen LogP contribution in [0.15, 0.2) is 0 Å². The molecule has 0 radical (unpaired) electrons. The smallest absolute Gasteiger partial charge is 0.272 e. The highest BCUT2D eigenvalue weighted by atomic mass is 32.1. The molecule has 0 amide bonds. The van der Waals surface area contributed by atoms with E-state index < -0.39 is 35.7 Å². The summed E-state index contributed by atoms with van der Waals surface area (Å²) in [6.45, 7) is 13.0. The molecular formula is C36H60O11S. The van der Waals surface area contributed by atoms with E-state index in [-0.39, 0.29) is 54.0 Å². The first-order valence-electron chi connectivity index (χ1n) is 18.8.